The molecule has 0 spiro atoms. The SMILES string of the molecule is CCc1c(C(=O)Nc2ccc(-n3cncn3)c(F)c2)[nH]c(C)c1C(C)=O. The number of aromatic nitrogens is 4. The Labute approximate surface area is 149 Å². The minimum Gasteiger partial charge on any atom is -0.354 e. The van der Waals surface area contributed by atoms with Crippen LogP contribution < -0.4 is 5.32 Å². The second-order valence-electron chi connectivity index (χ2n) is 5.85. The van der Waals surface area contributed by atoms with E-state index < -0.39 is 11.7 Å². The maximum atomic E-state index is 14.3. The number of nitrogens with one attached hydrogen (secondary N) is 2. The molecule has 3 rings (SSSR count). The number of nitrogens with zero attached hydrogens (tertiary/aromatic N) is 3. The van der Waals surface area contributed by atoms with Crippen LogP contribution in [-0.4, -0.2) is 31.4 Å². The molecule has 26 heavy (non-hydrogen) atoms. The van der Waals surface area contributed by atoms with E-state index >= 15 is 0 Å². The summed E-state index contributed by atoms with van der Waals surface area (Å²) in [7, 11) is 0. The third-order valence-corrected chi connectivity index (χ3v) is 4.09. The van der Waals surface area contributed by atoms with E-state index in [4.69, 9.17) is 0 Å². The van der Waals surface area contributed by atoms with Gasteiger partial charge in [-0.05, 0) is 44.0 Å². The Balaban J connectivity index is 1.88. The Morgan fingerprint density at radius 2 is 2.12 bits per heavy atom. The zero-order chi connectivity index (χ0) is 18.8. The Bertz CT molecular complexity index is 976. The smallest absolute Gasteiger partial charge is 0.272 e. The Kier molecular flexibility index (Phi) is 4.66. The predicted molar refractivity (Wildman–Crippen MR) is 94.2 cm³/mol. The zero-order valence-corrected chi connectivity index (χ0v) is 14.6. The van der Waals surface area contributed by atoms with Crippen LogP contribution in [0.4, 0.5) is 10.1 Å². The van der Waals surface area contributed by atoms with Crippen molar-refractivity contribution in [2.24, 2.45) is 0 Å². The molecule has 2 aromatic heterocycles. The lowest BCUT2D eigenvalue weighted by Gasteiger charge is -2.08. The standard InChI is InChI=1S/C18H18FN5O2/c1-4-13-16(11(3)25)10(2)22-17(13)18(26)23-12-5-6-15(14(19)7-12)24-9-20-8-21-24/h5-9,22H,4H2,1-3H3,(H,23,26). The van der Waals surface area contributed by atoms with Crippen LogP contribution >= 0.6 is 0 Å². The van der Waals surface area contributed by atoms with E-state index in [0.29, 0.717) is 34.6 Å². The fourth-order valence-corrected chi connectivity index (χ4v) is 3.00. The lowest BCUT2D eigenvalue weighted by atomic mass is 10.0. The summed E-state index contributed by atoms with van der Waals surface area (Å²) in [6.45, 7) is 5.09. The van der Waals surface area contributed by atoms with Gasteiger partial charge in [0.15, 0.2) is 11.6 Å². The van der Waals surface area contributed by atoms with Gasteiger partial charge in [-0.25, -0.2) is 14.1 Å². The van der Waals surface area contributed by atoms with Crippen molar-refractivity contribution >= 4 is 17.4 Å². The van der Waals surface area contributed by atoms with Gasteiger partial charge in [0.2, 0.25) is 0 Å². The van der Waals surface area contributed by atoms with Gasteiger partial charge in [0.05, 0.1) is 0 Å². The van der Waals surface area contributed by atoms with Crippen molar-refractivity contribution in [3.63, 3.8) is 0 Å². The molecule has 1 amide bonds. The summed E-state index contributed by atoms with van der Waals surface area (Å²) in [4.78, 5) is 31.2. The minimum atomic E-state index is -0.545. The van der Waals surface area contributed by atoms with Gasteiger partial charge >= 0.3 is 0 Å². The molecule has 0 aliphatic heterocycles. The van der Waals surface area contributed by atoms with Crippen molar-refractivity contribution in [2.75, 3.05) is 5.32 Å². The van der Waals surface area contributed by atoms with Crippen molar-refractivity contribution in [1.82, 2.24) is 19.7 Å². The first kappa shape index (κ1) is 17.5. The summed E-state index contributed by atoms with van der Waals surface area (Å²) in [5.74, 6) is -1.07. The molecule has 8 heteroatoms. The lowest BCUT2D eigenvalue weighted by molar-refractivity contribution is 0.101. The maximum Gasteiger partial charge on any atom is 0.272 e. The van der Waals surface area contributed by atoms with E-state index in [0.717, 1.165) is 0 Å². The third-order valence-electron chi connectivity index (χ3n) is 4.09. The van der Waals surface area contributed by atoms with Crippen molar-refractivity contribution in [3.05, 3.63) is 59.2 Å². The highest BCUT2D eigenvalue weighted by atomic mass is 19.1. The van der Waals surface area contributed by atoms with Crippen LogP contribution in [-0.2, 0) is 6.42 Å². The highest BCUT2D eigenvalue weighted by Gasteiger charge is 2.22. The van der Waals surface area contributed by atoms with Crippen LogP contribution in [0.2, 0.25) is 0 Å². The van der Waals surface area contributed by atoms with Gasteiger partial charge in [-0.3, -0.25) is 9.59 Å². The molecule has 0 saturated carbocycles. The second-order valence-corrected chi connectivity index (χ2v) is 5.85. The number of H-pyrrole nitrogens is 1. The van der Waals surface area contributed by atoms with E-state index in [2.05, 4.69) is 20.4 Å². The van der Waals surface area contributed by atoms with Crippen molar-refractivity contribution in [2.45, 2.75) is 27.2 Å². The Hall–Kier alpha value is -3.29. The molecule has 0 fully saturated rings. The summed E-state index contributed by atoms with van der Waals surface area (Å²) < 4.78 is 15.6. The van der Waals surface area contributed by atoms with Crippen molar-refractivity contribution in [1.29, 1.82) is 0 Å². The average Bonchev–Trinajstić information content (AvgIpc) is 3.22. The fraction of sp³-hybridized carbons (Fsp3) is 0.222. The molecule has 0 aliphatic carbocycles. The molecule has 0 radical (unpaired) electrons. The molecule has 2 N–H and O–H groups in total. The number of carbonyl (C=O) groups is 2. The maximum absolute atomic E-state index is 14.3. The second kappa shape index (κ2) is 6.91. The number of amides is 1. The Morgan fingerprint density at radius 1 is 1.35 bits per heavy atom. The van der Waals surface area contributed by atoms with Crippen molar-refractivity contribution < 1.29 is 14.0 Å². The number of benzene rings is 1. The molecule has 0 atom stereocenters. The normalized spacial score (nSPS) is 10.8. The molecule has 3 aromatic rings. The molecular formula is C18H18FN5O2. The molecule has 0 unspecified atom stereocenters. The Morgan fingerprint density at radius 3 is 2.69 bits per heavy atom. The van der Waals surface area contributed by atoms with Gasteiger partial charge in [0.1, 0.15) is 24.0 Å². The molecule has 0 saturated heterocycles. The van der Waals surface area contributed by atoms with Gasteiger partial charge in [0, 0.05) is 16.9 Å². The quantitative estimate of drug-likeness (QED) is 0.688. The molecule has 134 valence electrons. The first-order chi connectivity index (χ1) is 12.4. The van der Waals surface area contributed by atoms with E-state index in [-0.39, 0.29) is 11.5 Å². The number of ketones is 1. The van der Waals surface area contributed by atoms with Gasteiger partial charge in [-0.2, -0.15) is 5.10 Å². The first-order valence-electron chi connectivity index (χ1n) is 8.10. The number of hydrogen-bond acceptors (Lipinski definition) is 4. The van der Waals surface area contributed by atoms with Gasteiger partial charge in [0.25, 0.3) is 5.91 Å². The van der Waals surface area contributed by atoms with Crippen LogP contribution in [0, 0.1) is 12.7 Å². The molecule has 2 heterocycles. The lowest BCUT2D eigenvalue weighted by Crippen LogP contribution is -2.15. The molecule has 1 aromatic carbocycles. The van der Waals surface area contributed by atoms with E-state index in [1.54, 1.807) is 13.0 Å². The van der Waals surface area contributed by atoms with E-state index in [1.807, 2.05) is 6.92 Å². The highest BCUT2D eigenvalue weighted by Crippen LogP contribution is 2.22. The average molecular weight is 355 g/mol. The number of aryl methyl sites for hydroxylation is 1. The molecule has 7 nitrogen and oxygen atoms in total. The first-order valence-corrected chi connectivity index (χ1v) is 8.10. The number of halogens is 1. The number of Topliss-reactive ketones (excluding diaryl/α,β-unsaturated/α-hetero) is 1. The molecule has 0 bridgehead atoms. The molecule has 0 aliphatic rings. The molecular weight excluding hydrogens is 337 g/mol. The van der Waals surface area contributed by atoms with Gasteiger partial charge < -0.3 is 10.3 Å². The summed E-state index contributed by atoms with van der Waals surface area (Å²) >= 11 is 0. The number of rotatable bonds is 5. The minimum absolute atomic E-state index is 0.0992. The topological polar surface area (TPSA) is 92.7 Å². The van der Waals surface area contributed by atoms with E-state index in [1.165, 1.54) is 36.4 Å². The largest absolute Gasteiger partial charge is 0.354 e. The van der Waals surface area contributed by atoms with Crippen LogP contribution in [0.15, 0.2) is 30.9 Å². The zero-order valence-electron chi connectivity index (χ0n) is 14.6. The van der Waals surface area contributed by atoms with Crippen LogP contribution in [0.1, 0.15) is 46.0 Å². The summed E-state index contributed by atoms with van der Waals surface area (Å²) in [5, 5.41) is 6.54. The summed E-state index contributed by atoms with van der Waals surface area (Å²) in [5.41, 5.74) is 2.68. The predicted octanol–water partition coefficient (Wildman–Crippen LogP) is 3.06. The van der Waals surface area contributed by atoms with Crippen LogP contribution in [0.25, 0.3) is 5.69 Å². The third kappa shape index (κ3) is 3.13. The van der Waals surface area contributed by atoms with Crippen LogP contribution in [0.3, 0.4) is 0 Å². The number of carbonyl (C=O) groups excluding carboxylic acids is 2. The van der Waals surface area contributed by atoms with Crippen LogP contribution in [0.5, 0.6) is 0 Å². The fourth-order valence-electron chi connectivity index (χ4n) is 3.00. The monoisotopic (exact) mass is 355 g/mol. The number of aromatic amines is 1. The number of anilines is 1. The van der Waals surface area contributed by atoms with Crippen molar-refractivity contribution in [3.8, 4) is 5.69 Å². The van der Waals surface area contributed by atoms with Gasteiger partial charge in [-0.1, -0.05) is 6.92 Å². The number of hydrogen-bond donors (Lipinski definition) is 2. The van der Waals surface area contributed by atoms with Gasteiger partial charge in [-0.15, -0.1) is 0 Å². The highest BCUT2D eigenvalue weighted by molar-refractivity contribution is 6.07. The van der Waals surface area contributed by atoms with E-state index in [9.17, 15) is 14.0 Å². The summed E-state index contributed by atoms with van der Waals surface area (Å²) in [6, 6.07) is 4.29. The summed E-state index contributed by atoms with van der Waals surface area (Å²) in [6.07, 6.45) is 3.22.